The van der Waals surface area contributed by atoms with Crippen molar-refractivity contribution in [2.24, 2.45) is 0 Å². The number of rotatable bonds is 3. The van der Waals surface area contributed by atoms with Crippen LogP contribution in [0.3, 0.4) is 0 Å². The molecule has 0 atom stereocenters. The molecule has 0 radical (unpaired) electrons. The van der Waals surface area contributed by atoms with Gasteiger partial charge in [-0.1, -0.05) is 23.2 Å². The molecule has 124 valence electrons. The lowest BCUT2D eigenvalue weighted by atomic mass is 10.2. The van der Waals surface area contributed by atoms with E-state index >= 15 is 0 Å². The lowest BCUT2D eigenvalue weighted by molar-refractivity contribution is -0.126. The predicted molar refractivity (Wildman–Crippen MR) is 98.5 cm³/mol. The number of benzene rings is 1. The van der Waals surface area contributed by atoms with E-state index in [1.54, 1.807) is 42.7 Å². The second-order valence-corrected chi connectivity index (χ2v) is 6.36. The molecule has 6 heteroatoms. The van der Waals surface area contributed by atoms with Gasteiger partial charge >= 0.3 is 0 Å². The summed E-state index contributed by atoms with van der Waals surface area (Å²) >= 11 is 12.1. The normalized spacial score (nSPS) is 15.1. The van der Waals surface area contributed by atoms with Crippen molar-refractivity contribution in [3.05, 3.63) is 64.4 Å². The Bertz CT molecular complexity index is 741. The minimum absolute atomic E-state index is 0.0135. The highest BCUT2D eigenvalue weighted by atomic mass is 35.5. The van der Waals surface area contributed by atoms with E-state index in [1.165, 1.54) is 0 Å². The Kier molecular flexibility index (Phi) is 5.38. The molecule has 1 aromatic carbocycles. The van der Waals surface area contributed by atoms with Crippen LogP contribution in [0.2, 0.25) is 10.0 Å². The van der Waals surface area contributed by atoms with Gasteiger partial charge in [0.25, 0.3) is 0 Å². The smallest absolute Gasteiger partial charge is 0.246 e. The van der Waals surface area contributed by atoms with Crippen LogP contribution in [0.4, 0.5) is 5.69 Å². The van der Waals surface area contributed by atoms with Gasteiger partial charge in [-0.2, -0.15) is 0 Å². The third kappa shape index (κ3) is 4.08. The molecule has 0 unspecified atom stereocenters. The second kappa shape index (κ2) is 7.69. The Morgan fingerprint density at radius 2 is 1.75 bits per heavy atom. The van der Waals surface area contributed by atoms with Crippen LogP contribution < -0.4 is 4.90 Å². The molecule has 24 heavy (non-hydrogen) atoms. The predicted octanol–water partition coefficient (Wildman–Crippen LogP) is 3.75. The van der Waals surface area contributed by atoms with Crippen molar-refractivity contribution in [2.75, 3.05) is 31.1 Å². The van der Waals surface area contributed by atoms with Crippen molar-refractivity contribution in [3.8, 4) is 0 Å². The summed E-state index contributed by atoms with van der Waals surface area (Å²) in [6.45, 7) is 2.99. The number of aromatic nitrogens is 1. The fraction of sp³-hybridized carbons (Fsp3) is 0.222. The van der Waals surface area contributed by atoms with Crippen molar-refractivity contribution in [3.63, 3.8) is 0 Å². The molecule has 2 heterocycles. The van der Waals surface area contributed by atoms with Crippen LogP contribution in [0.15, 0.2) is 48.8 Å². The van der Waals surface area contributed by atoms with Crippen LogP contribution >= 0.6 is 23.2 Å². The summed E-state index contributed by atoms with van der Waals surface area (Å²) < 4.78 is 0. The molecule has 0 N–H and O–H groups in total. The number of nitrogens with zero attached hydrogens (tertiary/aromatic N) is 3. The molecule has 0 saturated carbocycles. The summed E-state index contributed by atoms with van der Waals surface area (Å²) in [5.41, 5.74) is 1.88. The fourth-order valence-electron chi connectivity index (χ4n) is 2.65. The molecule has 0 bridgehead atoms. The molecule has 1 aliphatic heterocycles. The first-order valence-corrected chi connectivity index (χ1v) is 8.46. The van der Waals surface area contributed by atoms with Crippen molar-refractivity contribution < 1.29 is 4.79 Å². The Balaban J connectivity index is 1.59. The number of hydrogen-bond donors (Lipinski definition) is 0. The van der Waals surface area contributed by atoms with Crippen LogP contribution in [-0.4, -0.2) is 42.0 Å². The van der Waals surface area contributed by atoms with Gasteiger partial charge in [0.15, 0.2) is 0 Å². The molecule has 1 saturated heterocycles. The number of anilines is 1. The molecule has 1 fully saturated rings. The molecule has 0 aliphatic carbocycles. The lowest BCUT2D eigenvalue weighted by Gasteiger charge is -2.35. The zero-order chi connectivity index (χ0) is 16.9. The van der Waals surface area contributed by atoms with Gasteiger partial charge in [-0.25, -0.2) is 0 Å². The van der Waals surface area contributed by atoms with Crippen LogP contribution in [0.1, 0.15) is 5.56 Å². The molecule has 1 aromatic heterocycles. The average molecular weight is 362 g/mol. The largest absolute Gasteiger partial charge is 0.368 e. The first-order chi connectivity index (χ1) is 11.6. The number of piperazine rings is 1. The van der Waals surface area contributed by atoms with E-state index in [2.05, 4.69) is 9.88 Å². The van der Waals surface area contributed by atoms with Crippen LogP contribution in [-0.2, 0) is 4.79 Å². The maximum atomic E-state index is 12.3. The summed E-state index contributed by atoms with van der Waals surface area (Å²) in [5.74, 6) is -0.0135. The number of carbonyl (C=O) groups is 1. The Labute approximate surface area is 151 Å². The molecular weight excluding hydrogens is 345 g/mol. The molecule has 0 spiro atoms. The summed E-state index contributed by atoms with van der Waals surface area (Å²) in [6, 6.07) is 9.16. The quantitative estimate of drug-likeness (QED) is 0.781. The van der Waals surface area contributed by atoms with Crippen molar-refractivity contribution >= 4 is 40.9 Å². The molecule has 1 amide bonds. The zero-order valence-corrected chi connectivity index (χ0v) is 14.5. The van der Waals surface area contributed by atoms with E-state index in [4.69, 9.17) is 23.2 Å². The zero-order valence-electron chi connectivity index (χ0n) is 13.0. The highest BCUT2D eigenvalue weighted by Crippen LogP contribution is 2.22. The third-order valence-electron chi connectivity index (χ3n) is 3.98. The van der Waals surface area contributed by atoms with Gasteiger partial charge in [-0.3, -0.25) is 9.78 Å². The maximum absolute atomic E-state index is 12.3. The fourth-order valence-corrected chi connectivity index (χ4v) is 3.01. The van der Waals surface area contributed by atoms with E-state index < -0.39 is 0 Å². The van der Waals surface area contributed by atoms with Crippen LogP contribution in [0.25, 0.3) is 6.08 Å². The highest BCUT2D eigenvalue weighted by Gasteiger charge is 2.19. The summed E-state index contributed by atoms with van der Waals surface area (Å²) in [4.78, 5) is 20.5. The van der Waals surface area contributed by atoms with Gasteiger partial charge in [0, 0.05) is 60.4 Å². The van der Waals surface area contributed by atoms with Crippen LogP contribution in [0.5, 0.6) is 0 Å². The Morgan fingerprint density at radius 3 is 2.46 bits per heavy atom. The van der Waals surface area contributed by atoms with Gasteiger partial charge < -0.3 is 9.80 Å². The summed E-state index contributed by atoms with van der Waals surface area (Å²) in [7, 11) is 0. The topological polar surface area (TPSA) is 36.4 Å². The van der Waals surface area contributed by atoms with Gasteiger partial charge in [-0.15, -0.1) is 0 Å². The van der Waals surface area contributed by atoms with Crippen molar-refractivity contribution in [1.29, 1.82) is 0 Å². The Hall–Kier alpha value is -2.04. The minimum atomic E-state index is -0.0135. The van der Waals surface area contributed by atoms with Crippen LogP contribution in [0, 0.1) is 0 Å². The first kappa shape index (κ1) is 16.8. The first-order valence-electron chi connectivity index (χ1n) is 7.70. The van der Waals surface area contributed by atoms with Gasteiger partial charge in [0.05, 0.1) is 0 Å². The molecule has 4 nitrogen and oxygen atoms in total. The monoisotopic (exact) mass is 361 g/mol. The average Bonchev–Trinajstić information content (AvgIpc) is 2.63. The van der Waals surface area contributed by atoms with E-state index in [-0.39, 0.29) is 5.91 Å². The second-order valence-electron chi connectivity index (χ2n) is 5.52. The van der Waals surface area contributed by atoms with Gasteiger partial charge in [-0.05, 0) is 42.0 Å². The molecule has 2 aromatic rings. The third-order valence-corrected chi connectivity index (χ3v) is 4.56. The summed E-state index contributed by atoms with van der Waals surface area (Å²) in [6.07, 6.45) is 6.83. The number of hydrogen-bond acceptors (Lipinski definition) is 3. The molecular formula is C18H17Cl2N3O. The van der Waals surface area contributed by atoms with Gasteiger partial charge in [0.1, 0.15) is 0 Å². The standard InChI is InChI=1S/C18H17Cl2N3O/c19-15-2-3-17(20)14(13-15)1-4-18(24)23-11-9-22(10-12-23)16-5-7-21-8-6-16/h1-8,13H,9-12H2/b4-1+. The highest BCUT2D eigenvalue weighted by molar-refractivity contribution is 6.34. The van der Waals surface area contributed by atoms with Crippen molar-refractivity contribution in [1.82, 2.24) is 9.88 Å². The minimum Gasteiger partial charge on any atom is -0.368 e. The van der Waals surface area contributed by atoms with Crippen molar-refractivity contribution in [2.45, 2.75) is 0 Å². The summed E-state index contributed by atoms with van der Waals surface area (Å²) in [5, 5.41) is 1.17. The number of carbonyl (C=O) groups excluding carboxylic acids is 1. The SMILES string of the molecule is O=C(/C=C/c1cc(Cl)ccc1Cl)N1CCN(c2ccncc2)CC1. The number of halogens is 2. The molecule has 1 aliphatic rings. The number of pyridine rings is 1. The van der Waals surface area contributed by atoms with E-state index in [9.17, 15) is 4.79 Å². The number of amides is 1. The van der Waals surface area contributed by atoms with E-state index in [1.807, 2.05) is 17.0 Å². The lowest BCUT2D eigenvalue weighted by Crippen LogP contribution is -2.48. The van der Waals surface area contributed by atoms with Gasteiger partial charge in [0.2, 0.25) is 5.91 Å². The van der Waals surface area contributed by atoms with E-state index in [0.717, 1.165) is 24.3 Å². The Morgan fingerprint density at radius 1 is 1.04 bits per heavy atom. The maximum Gasteiger partial charge on any atom is 0.246 e. The van der Waals surface area contributed by atoms with E-state index in [0.29, 0.717) is 23.1 Å². The molecule has 3 rings (SSSR count).